The third-order valence-corrected chi connectivity index (χ3v) is 2.36. The van der Waals surface area contributed by atoms with Crippen LogP contribution in [0, 0.1) is 0 Å². The Morgan fingerprint density at radius 1 is 1.19 bits per heavy atom. The Kier molecular flexibility index (Phi) is 2.90. The largest absolute Gasteiger partial charge is 0.497 e. The highest BCUT2D eigenvalue weighted by molar-refractivity contribution is 5.58. The van der Waals surface area contributed by atoms with E-state index in [0.29, 0.717) is 0 Å². The maximum atomic E-state index is 5.11. The molecule has 0 aliphatic heterocycles. The number of benzene rings is 1. The SMILES string of the molecule is COc1ccc(-c2cnn(C(C)C)n2)cc1. The lowest BCUT2D eigenvalue weighted by molar-refractivity contribution is 0.415. The monoisotopic (exact) mass is 217 g/mol. The van der Waals surface area contributed by atoms with Crippen LogP contribution in [0.15, 0.2) is 30.5 Å². The molecule has 0 aliphatic rings. The van der Waals surface area contributed by atoms with Crippen LogP contribution < -0.4 is 4.74 Å². The Bertz CT molecular complexity index is 459. The van der Waals surface area contributed by atoms with E-state index < -0.39 is 0 Å². The zero-order chi connectivity index (χ0) is 11.5. The van der Waals surface area contributed by atoms with Crippen molar-refractivity contribution in [2.24, 2.45) is 0 Å². The third kappa shape index (κ3) is 2.05. The molecule has 0 atom stereocenters. The second kappa shape index (κ2) is 4.35. The van der Waals surface area contributed by atoms with Gasteiger partial charge in [-0.05, 0) is 38.1 Å². The van der Waals surface area contributed by atoms with Crippen LogP contribution in [0.1, 0.15) is 19.9 Å². The van der Waals surface area contributed by atoms with Gasteiger partial charge < -0.3 is 4.74 Å². The first-order chi connectivity index (χ1) is 7.70. The second-order valence-corrected chi connectivity index (χ2v) is 3.87. The fraction of sp³-hybridized carbons (Fsp3) is 0.333. The van der Waals surface area contributed by atoms with Crippen molar-refractivity contribution in [1.29, 1.82) is 0 Å². The minimum atomic E-state index is 0.284. The van der Waals surface area contributed by atoms with Gasteiger partial charge in [0, 0.05) is 5.56 Å². The molecule has 0 radical (unpaired) electrons. The average Bonchev–Trinajstić information content (AvgIpc) is 2.78. The zero-order valence-corrected chi connectivity index (χ0v) is 9.71. The zero-order valence-electron chi connectivity index (χ0n) is 9.71. The first-order valence-electron chi connectivity index (χ1n) is 5.27. The highest BCUT2D eigenvalue weighted by atomic mass is 16.5. The quantitative estimate of drug-likeness (QED) is 0.793. The van der Waals surface area contributed by atoms with Gasteiger partial charge in [-0.2, -0.15) is 15.0 Å². The van der Waals surface area contributed by atoms with Crippen molar-refractivity contribution in [3.8, 4) is 17.0 Å². The minimum Gasteiger partial charge on any atom is -0.497 e. The van der Waals surface area contributed by atoms with Crippen molar-refractivity contribution in [2.75, 3.05) is 7.11 Å². The maximum absolute atomic E-state index is 5.11. The summed E-state index contributed by atoms with van der Waals surface area (Å²) in [5, 5.41) is 8.61. The molecule has 0 saturated carbocycles. The highest BCUT2D eigenvalue weighted by Crippen LogP contribution is 2.20. The van der Waals surface area contributed by atoms with E-state index >= 15 is 0 Å². The van der Waals surface area contributed by atoms with E-state index in [1.807, 2.05) is 24.3 Å². The molecule has 1 aromatic carbocycles. The van der Waals surface area contributed by atoms with Crippen LogP contribution in [0.4, 0.5) is 0 Å². The Labute approximate surface area is 94.9 Å². The van der Waals surface area contributed by atoms with E-state index in [2.05, 4.69) is 24.0 Å². The third-order valence-electron chi connectivity index (χ3n) is 2.36. The number of hydrogen-bond donors (Lipinski definition) is 0. The van der Waals surface area contributed by atoms with E-state index in [0.717, 1.165) is 17.0 Å². The van der Waals surface area contributed by atoms with Crippen LogP contribution in [-0.2, 0) is 0 Å². The van der Waals surface area contributed by atoms with Crippen LogP contribution in [0.25, 0.3) is 11.3 Å². The Morgan fingerprint density at radius 3 is 2.38 bits per heavy atom. The number of ether oxygens (including phenoxy) is 1. The lowest BCUT2D eigenvalue weighted by Gasteiger charge is -2.02. The molecule has 4 nitrogen and oxygen atoms in total. The van der Waals surface area contributed by atoms with Crippen molar-refractivity contribution in [2.45, 2.75) is 19.9 Å². The van der Waals surface area contributed by atoms with Gasteiger partial charge in [0.25, 0.3) is 0 Å². The van der Waals surface area contributed by atoms with Gasteiger partial charge in [-0.15, -0.1) is 0 Å². The van der Waals surface area contributed by atoms with E-state index in [1.54, 1.807) is 18.1 Å². The molecule has 2 aromatic rings. The summed E-state index contributed by atoms with van der Waals surface area (Å²) in [6.45, 7) is 4.11. The van der Waals surface area contributed by atoms with Crippen molar-refractivity contribution in [3.63, 3.8) is 0 Å². The predicted molar refractivity (Wildman–Crippen MR) is 62.4 cm³/mol. The molecule has 1 aromatic heterocycles. The Balaban J connectivity index is 2.28. The maximum Gasteiger partial charge on any atom is 0.118 e. The molecular formula is C12H15N3O. The van der Waals surface area contributed by atoms with Crippen LogP contribution in [0.2, 0.25) is 0 Å². The molecule has 0 spiro atoms. The van der Waals surface area contributed by atoms with Gasteiger partial charge in [-0.1, -0.05) is 0 Å². The molecule has 1 heterocycles. The molecule has 0 fully saturated rings. The molecule has 0 bridgehead atoms. The molecule has 0 aliphatic carbocycles. The molecule has 0 saturated heterocycles. The second-order valence-electron chi connectivity index (χ2n) is 3.87. The number of nitrogens with zero attached hydrogens (tertiary/aromatic N) is 3. The molecule has 4 heteroatoms. The van der Waals surface area contributed by atoms with Gasteiger partial charge in [-0.25, -0.2) is 0 Å². The number of aromatic nitrogens is 3. The standard InChI is InChI=1S/C12H15N3O/c1-9(2)15-13-8-12(14-15)10-4-6-11(16-3)7-5-10/h4-9H,1-3H3. The van der Waals surface area contributed by atoms with Crippen molar-refractivity contribution in [3.05, 3.63) is 30.5 Å². The normalized spacial score (nSPS) is 10.8. The number of rotatable bonds is 3. The van der Waals surface area contributed by atoms with Gasteiger partial charge >= 0.3 is 0 Å². The summed E-state index contributed by atoms with van der Waals surface area (Å²) in [6, 6.07) is 8.08. The lowest BCUT2D eigenvalue weighted by atomic mass is 10.2. The Morgan fingerprint density at radius 2 is 1.88 bits per heavy atom. The molecule has 0 amide bonds. The lowest BCUT2D eigenvalue weighted by Crippen LogP contribution is -2.04. The molecule has 0 N–H and O–H groups in total. The molecule has 16 heavy (non-hydrogen) atoms. The first kappa shape index (κ1) is 10.7. The summed E-state index contributed by atoms with van der Waals surface area (Å²) in [5.41, 5.74) is 1.93. The van der Waals surface area contributed by atoms with Gasteiger partial charge in [0.05, 0.1) is 19.3 Å². The van der Waals surface area contributed by atoms with Crippen molar-refractivity contribution in [1.82, 2.24) is 15.0 Å². The summed E-state index contributed by atoms with van der Waals surface area (Å²) in [6.07, 6.45) is 1.78. The molecule has 0 unspecified atom stereocenters. The first-order valence-corrected chi connectivity index (χ1v) is 5.27. The van der Waals surface area contributed by atoms with Crippen LogP contribution in [0.3, 0.4) is 0 Å². The number of hydrogen-bond acceptors (Lipinski definition) is 3. The topological polar surface area (TPSA) is 39.9 Å². The molecular weight excluding hydrogens is 202 g/mol. The van der Waals surface area contributed by atoms with Crippen LogP contribution in [0.5, 0.6) is 5.75 Å². The van der Waals surface area contributed by atoms with Gasteiger partial charge in [-0.3, -0.25) is 0 Å². The van der Waals surface area contributed by atoms with Crippen molar-refractivity contribution >= 4 is 0 Å². The summed E-state index contributed by atoms with van der Waals surface area (Å²) in [7, 11) is 1.66. The smallest absolute Gasteiger partial charge is 0.118 e. The fourth-order valence-corrected chi connectivity index (χ4v) is 1.42. The summed E-state index contributed by atoms with van der Waals surface area (Å²) in [4.78, 5) is 1.71. The van der Waals surface area contributed by atoms with Gasteiger partial charge in [0.2, 0.25) is 0 Å². The minimum absolute atomic E-state index is 0.284. The van der Waals surface area contributed by atoms with Gasteiger partial charge in [0.1, 0.15) is 11.4 Å². The molecule has 84 valence electrons. The van der Waals surface area contributed by atoms with E-state index in [-0.39, 0.29) is 6.04 Å². The molecule has 2 rings (SSSR count). The highest BCUT2D eigenvalue weighted by Gasteiger charge is 2.05. The van der Waals surface area contributed by atoms with Gasteiger partial charge in [0.15, 0.2) is 0 Å². The summed E-state index contributed by atoms with van der Waals surface area (Å²) in [5.74, 6) is 0.847. The van der Waals surface area contributed by atoms with E-state index in [1.165, 1.54) is 0 Å². The van der Waals surface area contributed by atoms with E-state index in [9.17, 15) is 0 Å². The van der Waals surface area contributed by atoms with Crippen LogP contribution >= 0.6 is 0 Å². The average molecular weight is 217 g/mol. The predicted octanol–water partition coefficient (Wildman–Crippen LogP) is 2.53. The Hall–Kier alpha value is -1.84. The summed E-state index contributed by atoms with van der Waals surface area (Å²) >= 11 is 0. The van der Waals surface area contributed by atoms with Crippen molar-refractivity contribution < 1.29 is 4.74 Å². The van der Waals surface area contributed by atoms with Crippen LogP contribution in [-0.4, -0.2) is 22.1 Å². The van der Waals surface area contributed by atoms with E-state index in [4.69, 9.17) is 4.74 Å². The number of methoxy groups -OCH3 is 1. The summed E-state index contributed by atoms with van der Waals surface area (Å²) < 4.78 is 5.11. The fourth-order valence-electron chi connectivity index (χ4n) is 1.42.